The van der Waals surface area contributed by atoms with Gasteiger partial charge in [0.05, 0.1) is 0 Å². The summed E-state index contributed by atoms with van der Waals surface area (Å²) in [6, 6.07) is 7.47. The van der Waals surface area contributed by atoms with E-state index in [1.54, 1.807) is 6.07 Å². The zero-order valence-corrected chi connectivity index (χ0v) is 17.4. The van der Waals surface area contributed by atoms with Crippen molar-refractivity contribution in [3.05, 3.63) is 35.4 Å². The highest BCUT2D eigenvalue weighted by Crippen LogP contribution is 2.18. The second-order valence-electron chi connectivity index (χ2n) is 8.35. The summed E-state index contributed by atoms with van der Waals surface area (Å²) in [6.45, 7) is 13.1. The number of aryl methyl sites for hydroxylation is 1. The van der Waals surface area contributed by atoms with Crippen molar-refractivity contribution in [1.82, 2.24) is 15.5 Å². The van der Waals surface area contributed by atoms with Crippen LogP contribution in [0.3, 0.4) is 0 Å². The van der Waals surface area contributed by atoms with Gasteiger partial charge in [0.1, 0.15) is 6.04 Å². The Kier molecular flexibility index (Phi) is 7.84. The van der Waals surface area contributed by atoms with Gasteiger partial charge in [0.25, 0.3) is 5.91 Å². The van der Waals surface area contributed by atoms with Gasteiger partial charge >= 0.3 is 0 Å². The molecule has 2 unspecified atom stereocenters. The molecule has 150 valence electrons. The van der Waals surface area contributed by atoms with Gasteiger partial charge in [-0.2, -0.15) is 0 Å². The number of likely N-dealkylation sites (tertiary alicyclic amines) is 1. The van der Waals surface area contributed by atoms with Gasteiger partial charge in [-0.15, -0.1) is 0 Å². The highest BCUT2D eigenvalue weighted by Gasteiger charge is 2.27. The van der Waals surface area contributed by atoms with Crippen LogP contribution in [0.25, 0.3) is 0 Å². The molecular weight excluding hydrogens is 338 g/mol. The third kappa shape index (κ3) is 6.06. The zero-order valence-electron chi connectivity index (χ0n) is 17.4. The summed E-state index contributed by atoms with van der Waals surface area (Å²) < 4.78 is 0. The van der Waals surface area contributed by atoms with E-state index in [-0.39, 0.29) is 17.7 Å². The molecule has 27 heavy (non-hydrogen) atoms. The second kappa shape index (κ2) is 9.88. The fourth-order valence-electron chi connectivity index (χ4n) is 3.67. The fourth-order valence-corrected chi connectivity index (χ4v) is 3.67. The highest BCUT2D eigenvalue weighted by atomic mass is 16.2. The van der Waals surface area contributed by atoms with Gasteiger partial charge in [0.15, 0.2) is 0 Å². The minimum absolute atomic E-state index is 0.0245. The van der Waals surface area contributed by atoms with Crippen molar-refractivity contribution < 1.29 is 9.59 Å². The Balaban J connectivity index is 1.93. The molecule has 5 nitrogen and oxygen atoms in total. The number of hydrogen-bond acceptors (Lipinski definition) is 3. The van der Waals surface area contributed by atoms with Gasteiger partial charge in [0, 0.05) is 24.7 Å². The van der Waals surface area contributed by atoms with Crippen molar-refractivity contribution in [2.75, 3.05) is 19.6 Å². The molecule has 0 saturated carbocycles. The summed E-state index contributed by atoms with van der Waals surface area (Å²) in [5, 5.41) is 6.01. The molecule has 0 aliphatic carbocycles. The number of benzene rings is 1. The lowest BCUT2D eigenvalue weighted by Crippen LogP contribution is -2.51. The van der Waals surface area contributed by atoms with Gasteiger partial charge in [0.2, 0.25) is 5.91 Å². The predicted octanol–water partition coefficient (Wildman–Crippen LogP) is 2.99. The molecule has 1 aliphatic heterocycles. The number of carbonyl (C=O) groups is 2. The number of hydrogen-bond donors (Lipinski definition) is 2. The molecule has 5 heteroatoms. The molecule has 0 spiro atoms. The number of piperidine rings is 1. The number of nitrogens with one attached hydrogen (secondary N) is 2. The van der Waals surface area contributed by atoms with Crippen molar-refractivity contribution in [1.29, 1.82) is 0 Å². The van der Waals surface area contributed by atoms with E-state index in [1.165, 1.54) is 6.42 Å². The molecule has 1 fully saturated rings. The van der Waals surface area contributed by atoms with Gasteiger partial charge in [-0.3, -0.25) is 9.59 Å². The molecule has 1 heterocycles. The molecule has 1 aromatic rings. The maximum atomic E-state index is 12.8. The number of carbonyl (C=O) groups excluding carboxylic acids is 2. The van der Waals surface area contributed by atoms with Crippen LogP contribution in [0.2, 0.25) is 0 Å². The smallest absolute Gasteiger partial charge is 0.252 e. The van der Waals surface area contributed by atoms with E-state index < -0.39 is 6.04 Å². The summed E-state index contributed by atoms with van der Waals surface area (Å²) in [6.07, 6.45) is 2.32. The Bertz CT molecular complexity index is 642. The molecule has 0 radical (unpaired) electrons. The molecular formula is C22H35N3O2. The Hall–Kier alpha value is -1.88. The molecule has 2 N–H and O–H groups in total. The summed E-state index contributed by atoms with van der Waals surface area (Å²) in [7, 11) is 0. The van der Waals surface area contributed by atoms with Crippen LogP contribution in [0.5, 0.6) is 0 Å². The van der Waals surface area contributed by atoms with Crippen molar-refractivity contribution in [2.24, 2.45) is 11.8 Å². The topological polar surface area (TPSA) is 61.4 Å². The lowest BCUT2D eigenvalue weighted by Gasteiger charge is -2.35. The molecule has 2 atom stereocenters. The largest absolute Gasteiger partial charge is 0.354 e. The Morgan fingerprint density at radius 3 is 2.52 bits per heavy atom. The van der Waals surface area contributed by atoms with E-state index in [4.69, 9.17) is 0 Å². The molecule has 1 aromatic carbocycles. The minimum atomic E-state index is -0.526. The van der Waals surface area contributed by atoms with E-state index in [1.807, 2.05) is 39.0 Å². The lowest BCUT2D eigenvalue weighted by molar-refractivity contribution is -0.124. The Labute approximate surface area is 163 Å². The van der Waals surface area contributed by atoms with Crippen LogP contribution in [0.15, 0.2) is 24.3 Å². The minimum Gasteiger partial charge on any atom is -0.354 e. The average Bonchev–Trinajstić information content (AvgIpc) is 2.64. The Morgan fingerprint density at radius 1 is 1.19 bits per heavy atom. The van der Waals surface area contributed by atoms with E-state index in [0.29, 0.717) is 24.1 Å². The van der Waals surface area contributed by atoms with E-state index in [0.717, 1.165) is 25.1 Å². The molecule has 1 saturated heterocycles. The summed E-state index contributed by atoms with van der Waals surface area (Å²) in [5.41, 5.74) is 1.53. The van der Waals surface area contributed by atoms with Crippen LogP contribution in [0, 0.1) is 18.8 Å². The summed E-state index contributed by atoms with van der Waals surface area (Å²) in [4.78, 5) is 27.8. The first-order valence-electron chi connectivity index (χ1n) is 10.2. The van der Waals surface area contributed by atoms with Crippen LogP contribution < -0.4 is 10.6 Å². The highest BCUT2D eigenvalue weighted by molar-refractivity contribution is 5.98. The van der Waals surface area contributed by atoms with E-state index in [9.17, 15) is 9.59 Å². The first-order valence-corrected chi connectivity index (χ1v) is 10.2. The first-order chi connectivity index (χ1) is 12.8. The van der Waals surface area contributed by atoms with E-state index >= 15 is 0 Å². The maximum absolute atomic E-state index is 12.8. The van der Waals surface area contributed by atoms with Crippen molar-refractivity contribution in [3.8, 4) is 0 Å². The average molecular weight is 374 g/mol. The van der Waals surface area contributed by atoms with Crippen LogP contribution in [0.1, 0.15) is 56.5 Å². The second-order valence-corrected chi connectivity index (χ2v) is 8.35. The molecule has 2 amide bonds. The molecule has 1 aliphatic rings. The first kappa shape index (κ1) is 21.4. The number of rotatable bonds is 7. The molecule has 0 aromatic heterocycles. The quantitative estimate of drug-likeness (QED) is 0.772. The zero-order chi connectivity index (χ0) is 20.0. The van der Waals surface area contributed by atoms with Gasteiger partial charge in [-0.1, -0.05) is 32.0 Å². The molecule has 0 bridgehead atoms. The van der Waals surface area contributed by atoms with Crippen LogP contribution >= 0.6 is 0 Å². The van der Waals surface area contributed by atoms with E-state index in [2.05, 4.69) is 29.4 Å². The van der Waals surface area contributed by atoms with Gasteiger partial charge in [-0.25, -0.2) is 0 Å². The summed E-state index contributed by atoms with van der Waals surface area (Å²) in [5.74, 6) is 0.223. The number of nitrogens with zero attached hydrogens (tertiary/aromatic N) is 1. The SMILES string of the molecule is Cc1ccccc1C(=O)NC(C(=O)NCC1CCCN(C(C)C)C1)C(C)C. The Morgan fingerprint density at radius 2 is 1.89 bits per heavy atom. The molecule has 2 rings (SSSR count). The van der Waals surface area contributed by atoms with Crippen LogP contribution in [-0.4, -0.2) is 48.4 Å². The standard InChI is InChI=1S/C22H35N3O2/c1-15(2)20(24-21(26)19-11-7-6-9-17(19)5)22(27)23-13-18-10-8-12-25(14-18)16(3)4/h6-7,9,11,15-16,18,20H,8,10,12-14H2,1-5H3,(H,23,27)(H,24,26). The third-order valence-corrected chi connectivity index (χ3v) is 5.47. The summed E-state index contributed by atoms with van der Waals surface area (Å²) >= 11 is 0. The van der Waals surface area contributed by atoms with Crippen LogP contribution in [0.4, 0.5) is 0 Å². The van der Waals surface area contributed by atoms with Crippen molar-refractivity contribution in [3.63, 3.8) is 0 Å². The third-order valence-electron chi connectivity index (χ3n) is 5.47. The number of amides is 2. The predicted molar refractivity (Wildman–Crippen MR) is 110 cm³/mol. The van der Waals surface area contributed by atoms with Gasteiger partial charge in [-0.05, 0) is 63.6 Å². The van der Waals surface area contributed by atoms with Crippen molar-refractivity contribution in [2.45, 2.75) is 59.5 Å². The monoisotopic (exact) mass is 373 g/mol. The normalized spacial score (nSPS) is 19.1. The fraction of sp³-hybridized carbons (Fsp3) is 0.636. The maximum Gasteiger partial charge on any atom is 0.252 e. The van der Waals surface area contributed by atoms with Crippen molar-refractivity contribution >= 4 is 11.8 Å². The van der Waals surface area contributed by atoms with Crippen LogP contribution in [-0.2, 0) is 4.79 Å². The lowest BCUT2D eigenvalue weighted by atomic mass is 9.96. The van der Waals surface area contributed by atoms with Gasteiger partial charge < -0.3 is 15.5 Å².